The minimum Gasteiger partial charge on any atom is -0.495 e. The first-order valence-electron chi connectivity index (χ1n) is 6.45. The van der Waals surface area contributed by atoms with Crippen molar-refractivity contribution in [2.24, 2.45) is 0 Å². The summed E-state index contributed by atoms with van der Waals surface area (Å²) in [6.07, 6.45) is 0. The molecule has 0 unspecified atom stereocenters. The van der Waals surface area contributed by atoms with Crippen molar-refractivity contribution in [1.82, 2.24) is 0 Å². The van der Waals surface area contributed by atoms with E-state index < -0.39 is 16.7 Å². The number of nitro groups is 1. The lowest BCUT2D eigenvalue weighted by Crippen LogP contribution is -2.29. The average Bonchev–Trinajstić information content (AvgIpc) is 2.78. The summed E-state index contributed by atoms with van der Waals surface area (Å²) in [5, 5.41) is 10.9. The number of fused-ring (bicyclic) bond motifs is 1. The standard InChI is InChI=1S/C15H9BrN2O5/c1-23-13-5-2-8(16)6-12(13)17-14(19)10-4-3-9(18(21)22)7-11(10)15(17)20/h2-7H,1H3. The number of nitro benzene ring substituents is 1. The van der Waals surface area contributed by atoms with Crippen molar-refractivity contribution in [3.63, 3.8) is 0 Å². The summed E-state index contributed by atoms with van der Waals surface area (Å²) in [6.45, 7) is 0. The summed E-state index contributed by atoms with van der Waals surface area (Å²) in [6, 6.07) is 8.51. The van der Waals surface area contributed by atoms with Crippen molar-refractivity contribution in [2.75, 3.05) is 12.0 Å². The third kappa shape index (κ3) is 2.36. The van der Waals surface area contributed by atoms with E-state index in [1.165, 1.54) is 19.2 Å². The quantitative estimate of drug-likeness (QED) is 0.466. The second kappa shape index (κ2) is 5.47. The molecule has 0 radical (unpaired) electrons. The van der Waals surface area contributed by atoms with Gasteiger partial charge in [-0.3, -0.25) is 19.7 Å². The fourth-order valence-electron chi connectivity index (χ4n) is 2.40. The monoisotopic (exact) mass is 376 g/mol. The molecule has 0 N–H and O–H groups in total. The van der Waals surface area contributed by atoms with E-state index >= 15 is 0 Å². The van der Waals surface area contributed by atoms with Gasteiger partial charge in [0.1, 0.15) is 5.75 Å². The maximum Gasteiger partial charge on any atom is 0.270 e. The molecule has 23 heavy (non-hydrogen) atoms. The summed E-state index contributed by atoms with van der Waals surface area (Å²) in [5.41, 5.74) is 0.164. The van der Waals surface area contributed by atoms with Gasteiger partial charge in [0, 0.05) is 16.6 Å². The first kappa shape index (κ1) is 15.2. The van der Waals surface area contributed by atoms with Gasteiger partial charge in [0.25, 0.3) is 17.5 Å². The molecule has 0 aromatic heterocycles. The summed E-state index contributed by atoms with van der Waals surface area (Å²) in [7, 11) is 1.43. The lowest BCUT2D eigenvalue weighted by atomic mass is 10.1. The number of halogens is 1. The lowest BCUT2D eigenvalue weighted by molar-refractivity contribution is -0.384. The van der Waals surface area contributed by atoms with E-state index in [0.717, 1.165) is 11.0 Å². The van der Waals surface area contributed by atoms with Crippen LogP contribution in [-0.4, -0.2) is 23.8 Å². The van der Waals surface area contributed by atoms with E-state index in [-0.39, 0.29) is 22.5 Å². The third-order valence-corrected chi connectivity index (χ3v) is 3.96. The van der Waals surface area contributed by atoms with Crippen LogP contribution in [0, 0.1) is 10.1 Å². The van der Waals surface area contributed by atoms with Crippen molar-refractivity contribution in [1.29, 1.82) is 0 Å². The van der Waals surface area contributed by atoms with Gasteiger partial charge in [0.15, 0.2) is 0 Å². The smallest absolute Gasteiger partial charge is 0.270 e. The number of methoxy groups -OCH3 is 1. The van der Waals surface area contributed by atoms with Crippen LogP contribution in [0.2, 0.25) is 0 Å². The molecule has 0 bridgehead atoms. The zero-order chi connectivity index (χ0) is 16.7. The Morgan fingerprint density at radius 2 is 1.78 bits per heavy atom. The number of hydrogen-bond acceptors (Lipinski definition) is 5. The van der Waals surface area contributed by atoms with Crippen LogP contribution in [0.5, 0.6) is 5.75 Å². The molecule has 2 aromatic rings. The molecule has 8 heteroatoms. The van der Waals surface area contributed by atoms with Crippen LogP contribution in [0.3, 0.4) is 0 Å². The van der Waals surface area contributed by atoms with Gasteiger partial charge in [-0.05, 0) is 24.3 Å². The molecule has 7 nitrogen and oxygen atoms in total. The number of benzene rings is 2. The Hall–Kier alpha value is -2.74. The minimum absolute atomic E-state index is 0.00577. The Morgan fingerprint density at radius 1 is 1.09 bits per heavy atom. The van der Waals surface area contributed by atoms with Gasteiger partial charge in [0.2, 0.25) is 0 Å². The van der Waals surface area contributed by atoms with Crippen LogP contribution < -0.4 is 9.64 Å². The molecule has 1 heterocycles. The number of imide groups is 1. The Bertz CT molecular complexity index is 865. The highest BCUT2D eigenvalue weighted by molar-refractivity contribution is 9.10. The van der Waals surface area contributed by atoms with Gasteiger partial charge in [-0.15, -0.1) is 0 Å². The largest absolute Gasteiger partial charge is 0.495 e. The molecular weight excluding hydrogens is 368 g/mol. The maximum absolute atomic E-state index is 12.6. The first-order valence-corrected chi connectivity index (χ1v) is 7.24. The van der Waals surface area contributed by atoms with E-state index in [2.05, 4.69) is 15.9 Å². The van der Waals surface area contributed by atoms with Crippen molar-refractivity contribution >= 4 is 39.1 Å². The van der Waals surface area contributed by atoms with Gasteiger partial charge in [-0.1, -0.05) is 15.9 Å². The first-order chi connectivity index (χ1) is 10.9. The lowest BCUT2D eigenvalue weighted by Gasteiger charge is -2.17. The normalized spacial score (nSPS) is 13.2. The zero-order valence-corrected chi connectivity index (χ0v) is 13.4. The second-order valence-electron chi connectivity index (χ2n) is 4.75. The highest BCUT2D eigenvalue weighted by Crippen LogP contribution is 2.37. The van der Waals surface area contributed by atoms with Crippen LogP contribution in [-0.2, 0) is 0 Å². The molecule has 2 amide bonds. The Balaban J connectivity index is 2.14. The number of amides is 2. The van der Waals surface area contributed by atoms with Crippen LogP contribution in [0.1, 0.15) is 20.7 Å². The number of carbonyl (C=O) groups is 2. The van der Waals surface area contributed by atoms with E-state index in [0.29, 0.717) is 10.2 Å². The predicted molar refractivity (Wildman–Crippen MR) is 84.9 cm³/mol. The number of nitrogens with zero attached hydrogens (tertiary/aromatic N) is 2. The molecule has 116 valence electrons. The highest BCUT2D eigenvalue weighted by atomic mass is 79.9. The van der Waals surface area contributed by atoms with Crippen molar-refractivity contribution in [3.05, 3.63) is 62.1 Å². The minimum atomic E-state index is -0.620. The van der Waals surface area contributed by atoms with Gasteiger partial charge in [0.05, 0.1) is 28.8 Å². The Morgan fingerprint density at radius 3 is 2.43 bits per heavy atom. The molecule has 2 aromatic carbocycles. The Kier molecular flexibility index (Phi) is 3.61. The molecule has 0 atom stereocenters. The van der Waals surface area contributed by atoms with E-state index in [1.807, 2.05) is 0 Å². The second-order valence-corrected chi connectivity index (χ2v) is 5.66. The van der Waals surface area contributed by atoms with Gasteiger partial charge < -0.3 is 4.74 Å². The van der Waals surface area contributed by atoms with Crippen molar-refractivity contribution in [3.8, 4) is 5.75 Å². The molecule has 0 saturated carbocycles. The number of carbonyl (C=O) groups excluding carboxylic acids is 2. The van der Waals surface area contributed by atoms with Crippen molar-refractivity contribution in [2.45, 2.75) is 0 Å². The number of hydrogen-bond donors (Lipinski definition) is 0. The number of ether oxygens (including phenoxy) is 1. The van der Waals surface area contributed by atoms with Gasteiger partial charge >= 0.3 is 0 Å². The molecule has 0 saturated heterocycles. The SMILES string of the molecule is COc1ccc(Br)cc1N1C(=O)c2ccc([N+](=O)[O-])cc2C1=O. The van der Waals surface area contributed by atoms with Gasteiger partial charge in [-0.2, -0.15) is 0 Å². The number of anilines is 1. The Labute approximate surface area is 138 Å². The topological polar surface area (TPSA) is 89.8 Å². The summed E-state index contributed by atoms with van der Waals surface area (Å²) < 4.78 is 5.86. The number of rotatable bonds is 3. The zero-order valence-electron chi connectivity index (χ0n) is 11.8. The van der Waals surface area contributed by atoms with Crippen LogP contribution in [0.25, 0.3) is 0 Å². The summed E-state index contributed by atoms with van der Waals surface area (Å²) >= 11 is 3.28. The summed E-state index contributed by atoms with van der Waals surface area (Å²) in [5.74, 6) is -0.821. The molecular formula is C15H9BrN2O5. The van der Waals surface area contributed by atoms with E-state index in [1.54, 1.807) is 18.2 Å². The fourth-order valence-corrected chi connectivity index (χ4v) is 2.75. The van der Waals surface area contributed by atoms with Crippen LogP contribution in [0.15, 0.2) is 40.9 Å². The molecule has 0 spiro atoms. The third-order valence-electron chi connectivity index (χ3n) is 3.46. The highest BCUT2D eigenvalue weighted by Gasteiger charge is 2.39. The van der Waals surface area contributed by atoms with E-state index in [9.17, 15) is 19.7 Å². The fraction of sp³-hybridized carbons (Fsp3) is 0.0667. The molecule has 1 aliphatic heterocycles. The van der Waals surface area contributed by atoms with E-state index in [4.69, 9.17) is 4.74 Å². The van der Waals surface area contributed by atoms with Crippen LogP contribution in [0.4, 0.5) is 11.4 Å². The predicted octanol–water partition coefficient (Wildman–Crippen LogP) is 3.17. The average molecular weight is 377 g/mol. The maximum atomic E-state index is 12.6. The van der Waals surface area contributed by atoms with Crippen LogP contribution >= 0.6 is 15.9 Å². The number of non-ortho nitro benzene ring substituents is 1. The molecule has 1 aliphatic rings. The molecule has 0 fully saturated rings. The summed E-state index contributed by atoms with van der Waals surface area (Å²) in [4.78, 5) is 36.3. The van der Waals surface area contributed by atoms with Gasteiger partial charge in [-0.25, -0.2) is 4.90 Å². The molecule has 3 rings (SSSR count). The van der Waals surface area contributed by atoms with Crippen molar-refractivity contribution < 1.29 is 19.2 Å². The molecule has 0 aliphatic carbocycles.